The average Bonchev–Trinajstić information content (AvgIpc) is 3.12. The second-order valence-electron chi connectivity index (χ2n) is 6.43. The van der Waals surface area contributed by atoms with Crippen molar-refractivity contribution in [3.8, 4) is 5.69 Å². The van der Waals surface area contributed by atoms with Gasteiger partial charge in [-0.25, -0.2) is 9.48 Å². The summed E-state index contributed by atoms with van der Waals surface area (Å²) in [5.74, 6) is -4.66. The molecule has 2 unspecified atom stereocenters. The lowest BCUT2D eigenvalue weighted by atomic mass is 9.78. The fraction of sp³-hybridized carbons (Fsp3) is 0.412. The highest BCUT2D eigenvalue weighted by Gasteiger charge is 2.48. The van der Waals surface area contributed by atoms with E-state index in [0.717, 1.165) is 0 Å². The predicted molar refractivity (Wildman–Crippen MR) is 88.5 cm³/mol. The fourth-order valence-corrected chi connectivity index (χ4v) is 3.29. The topological polar surface area (TPSA) is 97.1 Å². The maximum atomic E-state index is 13.2. The Labute approximate surface area is 152 Å². The lowest BCUT2D eigenvalue weighted by Crippen LogP contribution is -2.39. The van der Waals surface area contributed by atoms with Gasteiger partial charge in [-0.1, -0.05) is 24.1 Å². The van der Waals surface area contributed by atoms with Gasteiger partial charge in [0.25, 0.3) is 0 Å². The average molecular weight is 382 g/mol. The number of nitrogens with one attached hydrogen (secondary N) is 1. The molecule has 3 rings (SSSR count). The summed E-state index contributed by atoms with van der Waals surface area (Å²) in [7, 11) is 0. The number of halogens is 3. The minimum absolute atomic E-state index is 0.0431. The molecule has 2 atom stereocenters. The molecule has 0 bridgehead atoms. The molecule has 1 aliphatic carbocycles. The monoisotopic (exact) mass is 382 g/mol. The Kier molecular flexibility index (Phi) is 5.15. The number of rotatable bonds is 4. The van der Waals surface area contributed by atoms with Crippen molar-refractivity contribution in [3.05, 3.63) is 36.2 Å². The SMILES string of the molecule is O=C(O)c1cn(-c2cccc(NC(=O)C3CCCCC3C(F)(F)F)c2)nn1. The fourth-order valence-electron chi connectivity index (χ4n) is 3.29. The molecule has 1 amide bonds. The van der Waals surface area contributed by atoms with Crippen LogP contribution in [0.1, 0.15) is 36.2 Å². The molecule has 1 aromatic heterocycles. The van der Waals surface area contributed by atoms with E-state index in [-0.39, 0.29) is 18.5 Å². The Hall–Kier alpha value is -2.91. The first-order chi connectivity index (χ1) is 12.8. The number of aromatic carboxylic acids is 1. The highest BCUT2D eigenvalue weighted by Crippen LogP contribution is 2.41. The minimum atomic E-state index is -4.40. The number of anilines is 1. The van der Waals surface area contributed by atoms with Crippen LogP contribution in [-0.4, -0.2) is 38.2 Å². The van der Waals surface area contributed by atoms with E-state index in [9.17, 15) is 22.8 Å². The van der Waals surface area contributed by atoms with Crippen molar-refractivity contribution in [1.29, 1.82) is 0 Å². The summed E-state index contributed by atoms with van der Waals surface area (Å²) in [5, 5.41) is 18.6. The van der Waals surface area contributed by atoms with Gasteiger partial charge in [-0.15, -0.1) is 5.10 Å². The number of carboxylic acids is 1. The quantitative estimate of drug-likeness (QED) is 0.846. The molecule has 0 aliphatic heterocycles. The highest BCUT2D eigenvalue weighted by atomic mass is 19.4. The highest BCUT2D eigenvalue weighted by molar-refractivity contribution is 5.93. The number of hydrogen-bond donors (Lipinski definition) is 2. The van der Waals surface area contributed by atoms with E-state index in [2.05, 4.69) is 15.6 Å². The van der Waals surface area contributed by atoms with Crippen molar-refractivity contribution in [2.75, 3.05) is 5.32 Å². The van der Waals surface area contributed by atoms with Crippen molar-refractivity contribution in [2.45, 2.75) is 31.9 Å². The van der Waals surface area contributed by atoms with Crippen LogP contribution in [-0.2, 0) is 4.79 Å². The normalized spacial score (nSPS) is 20.3. The molecule has 2 aromatic rings. The molecule has 27 heavy (non-hydrogen) atoms. The number of carbonyl (C=O) groups is 2. The Morgan fingerprint density at radius 1 is 1.22 bits per heavy atom. The zero-order chi connectivity index (χ0) is 19.6. The summed E-state index contributed by atoms with van der Waals surface area (Å²) >= 11 is 0. The number of carboxylic acid groups (broad SMARTS) is 1. The van der Waals surface area contributed by atoms with Crippen LogP contribution < -0.4 is 5.32 Å². The van der Waals surface area contributed by atoms with Gasteiger partial charge in [-0.05, 0) is 31.0 Å². The first-order valence-electron chi connectivity index (χ1n) is 8.39. The summed E-state index contributed by atoms with van der Waals surface area (Å²) in [5.41, 5.74) is 0.472. The molecule has 1 heterocycles. The maximum absolute atomic E-state index is 13.2. The number of aromatic nitrogens is 3. The molecule has 0 radical (unpaired) electrons. The third kappa shape index (κ3) is 4.26. The molecule has 144 valence electrons. The van der Waals surface area contributed by atoms with Crippen LogP contribution in [0.2, 0.25) is 0 Å². The molecule has 1 saturated carbocycles. The van der Waals surface area contributed by atoms with Gasteiger partial charge in [0.05, 0.1) is 17.8 Å². The smallest absolute Gasteiger partial charge is 0.392 e. The number of nitrogens with zero attached hydrogens (tertiary/aromatic N) is 3. The van der Waals surface area contributed by atoms with Crippen LogP contribution in [0.15, 0.2) is 30.5 Å². The van der Waals surface area contributed by atoms with Crippen LogP contribution in [0.25, 0.3) is 5.69 Å². The van der Waals surface area contributed by atoms with Gasteiger partial charge in [-0.3, -0.25) is 4.79 Å². The minimum Gasteiger partial charge on any atom is -0.476 e. The summed E-state index contributed by atoms with van der Waals surface area (Å²) in [6, 6.07) is 6.22. The van der Waals surface area contributed by atoms with Gasteiger partial charge < -0.3 is 10.4 Å². The maximum Gasteiger partial charge on any atom is 0.392 e. The molecule has 0 spiro atoms. The summed E-state index contributed by atoms with van der Waals surface area (Å²) in [6.45, 7) is 0. The van der Waals surface area contributed by atoms with Crippen LogP contribution in [0, 0.1) is 11.8 Å². The Morgan fingerprint density at radius 3 is 2.63 bits per heavy atom. The Bertz CT molecular complexity index is 850. The summed E-state index contributed by atoms with van der Waals surface area (Å²) in [4.78, 5) is 23.3. The second kappa shape index (κ2) is 7.37. The third-order valence-electron chi connectivity index (χ3n) is 4.61. The van der Waals surface area contributed by atoms with E-state index < -0.39 is 29.9 Å². The van der Waals surface area contributed by atoms with Crippen molar-refractivity contribution < 1.29 is 27.9 Å². The molecular formula is C17H17F3N4O3. The third-order valence-corrected chi connectivity index (χ3v) is 4.61. The zero-order valence-corrected chi connectivity index (χ0v) is 14.1. The molecule has 2 N–H and O–H groups in total. The molecule has 1 aromatic carbocycles. The number of benzene rings is 1. The van der Waals surface area contributed by atoms with E-state index in [1.807, 2.05) is 0 Å². The molecule has 0 saturated heterocycles. The van der Waals surface area contributed by atoms with Gasteiger partial charge >= 0.3 is 12.1 Å². The van der Waals surface area contributed by atoms with Gasteiger partial charge in [0.1, 0.15) is 0 Å². The van der Waals surface area contributed by atoms with Crippen molar-refractivity contribution >= 4 is 17.6 Å². The van der Waals surface area contributed by atoms with E-state index in [0.29, 0.717) is 24.2 Å². The van der Waals surface area contributed by atoms with Crippen molar-refractivity contribution in [1.82, 2.24) is 15.0 Å². The van der Waals surface area contributed by atoms with Gasteiger partial charge in [0.2, 0.25) is 5.91 Å². The van der Waals surface area contributed by atoms with Gasteiger partial charge in [0, 0.05) is 11.6 Å². The molecule has 1 fully saturated rings. The number of amides is 1. The van der Waals surface area contributed by atoms with E-state index in [1.54, 1.807) is 18.2 Å². The molecular weight excluding hydrogens is 365 g/mol. The number of carbonyl (C=O) groups excluding carboxylic acids is 1. The van der Waals surface area contributed by atoms with Crippen LogP contribution >= 0.6 is 0 Å². The number of alkyl halides is 3. The van der Waals surface area contributed by atoms with E-state index >= 15 is 0 Å². The van der Waals surface area contributed by atoms with Gasteiger partial charge in [0.15, 0.2) is 5.69 Å². The van der Waals surface area contributed by atoms with Crippen molar-refractivity contribution in [2.24, 2.45) is 11.8 Å². The lowest BCUT2D eigenvalue weighted by Gasteiger charge is -2.32. The van der Waals surface area contributed by atoms with Crippen LogP contribution in [0.4, 0.5) is 18.9 Å². The first kappa shape index (κ1) is 18.9. The van der Waals surface area contributed by atoms with Crippen molar-refractivity contribution in [3.63, 3.8) is 0 Å². The number of hydrogen-bond acceptors (Lipinski definition) is 4. The first-order valence-corrected chi connectivity index (χ1v) is 8.39. The van der Waals surface area contributed by atoms with Crippen LogP contribution in [0.3, 0.4) is 0 Å². The lowest BCUT2D eigenvalue weighted by molar-refractivity contribution is -0.197. The molecule has 7 nitrogen and oxygen atoms in total. The Balaban J connectivity index is 1.77. The summed E-state index contributed by atoms with van der Waals surface area (Å²) < 4.78 is 40.8. The molecule has 10 heteroatoms. The second-order valence-corrected chi connectivity index (χ2v) is 6.43. The van der Waals surface area contributed by atoms with E-state index in [4.69, 9.17) is 5.11 Å². The predicted octanol–water partition coefficient (Wildman–Crippen LogP) is 3.27. The van der Waals surface area contributed by atoms with E-state index in [1.165, 1.54) is 16.9 Å². The summed E-state index contributed by atoms with van der Waals surface area (Å²) in [6.07, 6.45) is -2.01. The zero-order valence-electron chi connectivity index (χ0n) is 14.1. The largest absolute Gasteiger partial charge is 0.476 e. The Morgan fingerprint density at radius 2 is 1.96 bits per heavy atom. The standard InChI is InChI=1S/C17H17F3N4O3/c18-17(19,20)13-7-2-1-6-12(13)15(25)21-10-4-3-5-11(8-10)24-9-14(16(26)27)22-23-24/h3-5,8-9,12-13H,1-2,6-7H2,(H,21,25)(H,26,27). The molecule has 1 aliphatic rings. The van der Waals surface area contributed by atoms with Gasteiger partial charge in [-0.2, -0.15) is 13.2 Å². The van der Waals surface area contributed by atoms with Crippen LogP contribution in [0.5, 0.6) is 0 Å².